The molecule has 0 aromatic heterocycles. The van der Waals surface area contributed by atoms with Crippen LogP contribution in [0, 0.1) is 0 Å². The summed E-state index contributed by atoms with van der Waals surface area (Å²) in [5, 5.41) is 9.66. The van der Waals surface area contributed by atoms with E-state index < -0.39 is 0 Å². The maximum Gasteiger partial charge on any atom is 0.251 e. The molecule has 0 unspecified atom stereocenters. The van der Waals surface area contributed by atoms with Crippen LogP contribution in [-0.4, -0.2) is 81.9 Å². The van der Waals surface area contributed by atoms with Gasteiger partial charge in [-0.05, 0) is 44.0 Å². The Morgan fingerprint density at radius 2 is 1.73 bits per heavy atom. The fourth-order valence-electron chi connectivity index (χ4n) is 4.59. The predicted molar refractivity (Wildman–Crippen MR) is 143 cm³/mol. The molecule has 1 aliphatic heterocycles. The molecule has 186 valence electrons. The van der Waals surface area contributed by atoms with E-state index >= 15 is 0 Å². The van der Waals surface area contributed by atoms with Gasteiger partial charge in [-0.2, -0.15) is 0 Å². The van der Waals surface area contributed by atoms with Crippen LogP contribution in [0.2, 0.25) is 0 Å². The minimum Gasteiger partial charge on any atom is -0.497 e. The van der Waals surface area contributed by atoms with Crippen molar-refractivity contribution in [1.82, 2.24) is 20.9 Å². The Balaban J connectivity index is 0.00000385. The summed E-state index contributed by atoms with van der Waals surface area (Å²) in [4.78, 5) is 19.9. The quantitative estimate of drug-likeness (QED) is 0.182. The number of rotatable bonds is 9. The van der Waals surface area contributed by atoms with Gasteiger partial charge in [-0.1, -0.05) is 19.3 Å². The molecule has 3 N–H and O–H groups in total. The van der Waals surface area contributed by atoms with E-state index in [2.05, 4.69) is 27.8 Å². The smallest absolute Gasteiger partial charge is 0.251 e. The number of nitrogens with one attached hydrogen (secondary N) is 3. The van der Waals surface area contributed by atoms with Crippen molar-refractivity contribution >= 4 is 35.8 Å². The molecule has 1 saturated heterocycles. The number of guanidine groups is 1. The van der Waals surface area contributed by atoms with Gasteiger partial charge in [-0.25, -0.2) is 0 Å². The summed E-state index contributed by atoms with van der Waals surface area (Å²) in [6.07, 6.45) is 6.27. The molecule has 0 radical (unpaired) electrons. The van der Waals surface area contributed by atoms with Crippen LogP contribution in [0.1, 0.15) is 49.4 Å². The van der Waals surface area contributed by atoms with E-state index in [1.165, 1.54) is 32.1 Å². The van der Waals surface area contributed by atoms with E-state index in [4.69, 9.17) is 14.5 Å². The van der Waals surface area contributed by atoms with Gasteiger partial charge in [-0.3, -0.25) is 14.7 Å². The minimum absolute atomic E-state index is 0. The Bertz CT molecular complexity index is 732. The van der Waals surface area contributed by atoms with Crippen LogP contribution in [-0.2, 0) is 4.74 Å². The van der Waals surface area contributed by atoms with Crippen molar-refractivity contribution < 1.29 is 14.3 Å². The van der Waals surface area contributed by atoms with Crippen molar-refractivity contribution in [1.29, 1.82) is 0 Å². The Kier molecular flexibility index (Phi) is 12.3. The van der Waals surface area contributed by atoms with Crippen LogP contribution in [0.25, 0.3) is 0 Å². The van der Waals surface area contributed by atoms with Gasteiger partial charge < -0.3 is 25.4 Å². The number of carbonyl (C=O) groups is 1. The summed E-state index contributed by atoms with van der Waals surface area (Å²) in [5.74, 6) is 1.46. The molecule has 0 bridgehead atoms. The van der Waals surface area contributed by atoms with Crippen LogP contribution in [0.5, 0.6) is 5.75 Å². The second kappa shape index (κ2) is 14.6. The van der Waals surface area contributed by atoms with Crippen LogP contribution in [0.3, 0.4) is 0 Å². The molecular formula is C24H40IN5O3. The zero-order chi connectivity index (χ0) is 22.7. The average molecular weight is 574 g/mol. The molecule has 9 heteroatoms. The molecule has 1 amide bonds. The van der Waals surface area contributed by atoms with Crippen LogP contribution < -0.4 is 20.7 Å². The predicted octanol–water partition coefficient (Wildman–Crippen LogP) is 2.63. The van der Waals surface area contributed by atoms with E-state index in [9.17, 15) is 4.79 Å². The number of ether oxygens (including phenoxy) is 2. The summed E-state index contributed by atoms with van der Waals surface area (Å²) in [6, 6.07) is 7.11. The first-order chi connectivity index (χ1) is 15.7. The maximum atomic E-state index is 12.3. The summed E-state index contributed by atoms with van der Waals surface area (Å²) >= 11 is 0. The fourth-order valence-corrected chi connectivity index (χ4v) is 4.59. The lowest BCUT2D eigenvalue weighted by molar-refractivity contribution is -0.0333. The topological polar surface area (TPSA) is 87.2 Å². The van der Waals surface area contributed by atoms with Gasteiger partial charge in [0.1, 0.15) is 5.75 Å². The van der Waals surface area contributed by atoms with Crippen LogP contribution in [0.4, 0.5) is 0 Å². The van der Waals surface area contributed by atoms with Crippen molar-refractivity contribution in [3.63, 3.8) is 0 Å². The highest BCUT2D eigenvalue weighted by atomic mass is 127. The summed E-state index contributed by atoms with van der Waals surface area (Å²) in [5.41, 5.74) is 0.767. The molecule has 1 aromatic carbocycles. The van der Waals surface area contributed by atoms with Gasteiger partial charge in [0.05, 0.1) is 26.9 Å². The zero-order valence-electron chi connectivity index (χ0n) is 20.0. The first-order valence-electron chi connectivity index (χ1n) is 11.9. The Labute approximate surface area is 215 Å². The van der Waals surface area contributed by atoms with Crippen LogP contribution in [0.15, 0.2) is 29.3 Å². The number of hydrogen-bond donors (Lipinski definition) is 3. The van der Waals surface area contributed by atoms with Crippen molar-refractivity contribution in [2.24, 2.45) is 4.99 Å². The third-order valence-electron chi connectivity index (χ3n) is 6.40. The van der Waals surface area contributed by atoms with Gasteiger partial charge in [0, 0.05) is 43.8 Å². The van der Waals surface area contributed by atoms with Crippen LogP contribution >= 0.6 is 24.0 Å². The highest BCUT2D eigenvalue weighted by molar-refractivity contribution is 14.0. The third kappa shape index (κ3) is 8.29. The lowest BCUT2D eigenvalue weighted by atomic mass is 9.80. The Hall–Kier alpha value is -1.59. The van der Waals surface area contributed by atoms with Gasteiger partial charge in [-0.15, -0.1) is 24.0 Å². The number of nitrogens with zero attached hydrogens (tertiary/aromatic N) is 2. The third-order valence-corrected chi connectivity index (χ3v) is 6.40. The SMILES string of the molecule is CCNC(=NCC1(N2CCOCC2)CCCCC1)NCCNC(=O)c1ccc(OC)cc1.I. The molecule has 2 fully saturated rings. The molecular weight excluding hydrogens is 533 g/mol. The number of amides is 1. The van der Waals surface area contributed by atoms with Gasteiger partial charge in [0.2, 0.25) is 0 Å². The lowest BCUT2D eigenvalue weighted by Crippen LogP contribution is -2.56. The summed E-state index contributed by atoms with van der Waals surface area (Å²) in [7, 11) is 1.61. The number of halogens is 1. The van der Waals surface area contributed by atoms with E-state index in [0.29, 0.717) is 18.7 Å². The van der Waals surface area contributed by atoms with Gasteiger partial charge in [0.15, 0.2) is 5.96 Å². The van der Waals surface area contributed by atoms with Gasteiger partial charge in [0.25, 0.3) is 5.91 Å². The van der Waals surface area contributed by atoms with E-state index in [1.54, 1.807) is 31.4 Å². The first-order valence-corrected chi connectivity index (χ1v) is 11.9. The fraction of sp³-hybridized carbons (Fsp3) is 0.667. The van der Waals surface area contributed by atoms with Crippen molar-refractivity contribution in [3.8, 4) is 5.75 Å². The first kappa shape index (κ1) is 27.7. The standard InChI is InChI=1S/C24H39N5O3.HI/c1-3-25-23(27-14-13-26-22(30)20-7-9-21(31-2)10-8-20)28-19-24(11-5-4-6-12-24)29-15-17-32-18-16-29;/h7-10H,3-6,11-19H2,1-2H3,(H,26,30)(H2,25,27,28);1H. The molecule has 33 heavy (non-hydrogen) atoms. The highest BCUT2D eigenvalue weighted by Crippen LogP contribution is 2.34. The van der Waals surface area contributed by atoms with Gasteiger partial charge >= 0.3 is 0 Å². The highest BCUT2D eigenvalue weighted by Gasteiger charge is 2.38. The number of carbonyl (C=O) groups excluding carboxylic acids is 1. The average Bonchev–Trinajstić information content (AvgIpc) is 2.86. The lowest BCUT2D eigenvalue weighted by Gasteiger charge is -2.47. The molecule has 1 heterocycles. The molecule has 0 atom stereocenters. The summed E-state index contributed by atoms with van der Waals surface area (Å²) < 4.78 is 10.7. The molecule has 3 rings (SSSR count). The second-order valence-electron chi connectivity index (χ2n) is 8.49. The molecule has 8 nitrogen and oxygen atoms in total. The number of methoxy groups -OCH3 is 1. The number of aliphatic imine (C=N–C) groups is 1. The molecule has 1 aromatic rings. The van der Waals surface area contributed by atoms with E-state index in [-0.39, 0.29) is 35.4 Å². The van der Waals surface area contributed by atoms with E-state index in [1.807, 2.05) is 0 Å². The van der Waals surface area contributed by atoms with E-state index in [0.717, 1.165) is 51.1 Å². The number of hydrogen-bond acceptors (Lipinski definition) is 5. The largest absolute Gasteiger partial charge is 0.497 e. The zero-order valence-corrected chi connectivity index (χ0v) is 22.4. The number of benzene rings is 1. The van der Waals surface area contributed by atoms with Crippen molar-refractivity contribution in [3.05, 3.63) is 29.8 Å². The monoisotopic (exact) mass is 573 g/mol. The molecule has 2 aliphatic rings. The van der Waals surface area contributed by atoms with Crippen molar-refractivity contribution in [2.45, 2.75) is 44.6 Å². The second-order valence-corrected chi connectivity index (χ2v) is 8.49. The Morgan fingerprint density at radius 1 is 1.06 bits per heavy atom. The molecule has 1 saturated carbocycles. The summed E-state index contributed by atoms with van der Waals surface area (Å²) in [6.45, 7) is 8.42. The normalized spacial score (nSPS) is 18.7. The van der Waals surface area contributed by atoms with Crippen molar-refractivity contribution in [2.75, 3.05) is 59.6 Å². The maximum absolute atomic E-state index is 12.3. The minimum atomic E-state index is -0.0927. The molecule has 1 aliphatic carbocycles. The molecule has 0 spiro atoms. The number of morpholine rings is 1. The Morgan fingerprint density at radius 3 is 2.36 bits per heavy atom.